The molecular weight excluding hydrogens is 290 g/mol. The molecule has 0 unspecified atom stereocenters. The molecule has 0 saturated heterocycles. The molecule has 0 atom stereocenters. The van der Waals surface area contributed by atoms with Crippen LogP contribution in [-0.4, -0.2) is 9.55 Å². The number of aromatic nitrogens is 2. The van der Waals surface area contributed by atoms with Crippen molar-refractivity contribution in [1.29, 1.82) is 0 Å². The molecule has 0 fully saturated rings. The molecule has 0 amide bonds. The molecule has 0 bridgehead atoms. The molecule has 2 N–H and O–H groups in total. The maximum absolute atomic E-state index is 5.67. The van der Waals surface area contributed by atoms with Crippen molar-refractivity contribution in [3.05, 3.63) is 47.2 Å². The zero-order valence-electron chi connectivity index (χ0n) is 9.89. The van der Waals surface area contributed by atoms with Crippen molar-refractivity contribution in [2.24, 2.45) is 7.05 Å². The minimum absolute atomic E-state index is 0.681. The first-order valence-corrected chi connectivity index (χ1v) is 6.41. The summed E-state index contributed by atoms with van der Waals surface area (Å²) in [6, 6.07) is 10.1. The molecule has 2 aromatic heterocycles. The molecule has 3 rings (SSSR count). The fourth-order valence-electron chi connectivity index (χ4n) is 2.13. The van der Waals surface area contributed by atoms with Crippen molar-refractivity contribution in [2.45, 2.75) is 0 Å². The summed E-state index contributed by atoms with van der Waals surface area (Å²) in [5.41, 5.74) is 9.60. The van der Waals surface area contributed by atoms with Crippen molar-refractivity contribution in [3.8, 4) is 11.3 Å². The van der Waals surface area contributed by atoms with Crippen molar-refractivity contribution >= 4 is 32.5 Å². The van der Waals surface area contributed by atoms with Crippen LogP contribution in [0.4, 0.5) is 5.69 Å². The number of aryl methyl sites for hydroxylation is 1. The van der Waals surface area contributed by atoms with Gasteiger partial charge < -0.3 is 10.3 Å². The molecule has 3 nitrogen and oxygen atoms in total. The maximum atomic E-state index is 5.67. The van der Waals surface area contributed by atoms with Crippen LogP contribution in [0.15, 0.2) is 47.2 Å². The van der Waals surface area contributed by atoms with Gasteiger partial charge in [0.25, 0.3) is 0 Å². The van der Waals surface area contributed by atoms with Gasteiger partial charge in [-0.15, -0.1) is 0 Å². The number of nitrogen functional groups attached to an aromatic ring is 1. The third-order valence-electron chi connectivity index (χ3n) is 3.01. The van der Waals surface area contributed by atoms with Crippen molar-refractivity contribution in [1.82, 2.24) is 9.55 Å². The molecule has 18 heavy (non-hydrogen) atoms. The average molecular weight is 302 g/mol. The van der Waals surface area contributed by atoms with E-state index in [1.807, 2.05) is 25.2 Å². The van der Waals surface area contributed by atoms with E-state index < -0.39 is 0 Å². The highest BCUT2D eigenvalue weighted by Crippen LogP contribution is 2.31. The molecule has 1 aromatic carbocycles. The highest BCUT2D eigenvalue weighted by Gasteiger charge is 2.09. The third kappa shape index (κ3) is 1.78. The summed E-state index contributed by atoms with van der Waals surface area (Å²) >= 11 is 3.51. The van der Waals surface area contributed by atoms with E-state index in [9.17, 15) is 0 Å². The van der Waals surface area contributed by atoms with Crippen LogP contribution in [0, 0.1) is 0 Å². The van der Waals surface area contributed by atoms with E-state index >= 15 is 0 Å². The van der Waals surface area contributed by atoms with Gasteiger partial charge in [-0.05, 0) is 30.3 Å². The van der Waals surface area contributed by atoms with Crippen LogP contribution >= 0.6 is 15.9 Å². The van der Waals surface area contributed by atoms with E-state index in [4.69, 9.17) is 5.73 Å². The SMILES string of the molecule is Cn1cc(-c2ccc(N)cn2)c2cc(Br)ccc21. The van der Waals surface area contributed by atoms with Crippen LogP contribution in [0.5, 0.6) is 0 Å². The zero-order valence-corrected chi connectivity index (χ0v) is 11.5. The lowest BCUT2D eigenvalue weighted by atomic mass is 10.1. The van der Waals surface area contributed by atoms with Gasteiger partial charge in [0.1, 0.15) is 0 Å². The summed E-state index contributed by atoms with van der Waals surface area (Å²) in [4.78, 5) is 4.39. The Morgan fingerprint density at radius 3 is 2.78 bits per heavy atom. The zero-order chi connectivity index (χ0) is 12.7. The van der Waals surface area contributed by atoms with Crippen LogP contribution in [0.25, 0.3) is 22.2 Å². The maximum Gasteiger partial charge on any atom is 0.0725 e. The largest absolute Gasteiger partial charge is 0.397 e. The minimum Gasteiger partial charge on any atom is -0.397 e. The van der Waals surface area contributed by atoms with Gasteiger partial charge in [-0.2, -0.15) is 0 Å². The Balaban J connectivity index is 2.28. The Labute approximate surface area is 113 Å². The van der Waals surface area contributed by atoms with Gasteiger partial charge in [0.05, 0.1) is 17.6 Å². The monoisotopic (exact) mass is 301 g/mol. The molecule has 0 aliphatic heterocycles. The Kier molecular flexibility index (Phi) is 2.59. The lowest BCUT2D eigenvalue weighted by molar-refractivity contribution is 0.969. The van der Waals surface area contributed by atoms with Crippen LogP contribution < -0.4 is 5.73 Å². The summed E-state index contributed by atoms with van der Waals surface area (Å²) in [6.07, 6.45) is 3.78. The van der Waals surface area contributed by atoms with E-state index in [0.717, 1.165) is 15.7 Å². The smallest absolute Gasteiger partial charge is 0.0725 e. The quantitative estimate of drug-likeness (QED) is 0.746. The van der Waals surface area contributed by atoms with Gasteiger partial charge in [-0.3, -0.25) is 4.98 Å². The number of nitrogens with two attached hydrogens (primary N) is 1. The predicted octanol–water partition coefficient (Wildman–Crippen LogP) is 3.59. The number of hydrogen-bond acceptors (Lipinski definition) is 2. The third-order valence-corrected chi connectivity index (χ3v) is 3.51. The lowest BCUT2D eigenvalue weighted by Gasteiger charge is -2.00. The Morgan fingerprint density at radius 1 is 1.22 bits per heavy atom. The van der Waals surface area contributed by atoms with E-state index in [1.54, 1.807) is 6.20 Å². The highest BCUT2D eigenvalue weighted by atomic mass is 79.9. The molecule has 3 aromatic rings. The lowest BCUT2D eigenvalue weighted by Crippen LogP contribution is -1.87. The summed E-state index contributed by atoms with van der Waals surface area (Å²) in [5.74, 6) is 0. The number of rotatable bonds is 1. The second-order valence-corrected chi connectivity index (χ2v) is 5.21. The standard InChI is InChI=1S/C14H12BrN3/c1-18-8-12(13-4-3-10(16)7-17-13)11-6-9(15)2-5-14(11)18/h2-8H,16H2,1H3. The van der Waals surface area contributed by atoms with Crippen molar-refractivity contribution < 1.29 is 0 Å². The summed E-state index contributed by atoms with van der Waals surface area (Å²) in [7, 11) is 2.04. The molecular formula is C14H12BrN3. The second-order valence-electron chi connectivity index (χ2n) is 4.29. The van der Waals surface area contributed by atoms with Crippen LogP contribution in [0.2, 0.25) is 0 Å². The first-order valence-electron chi connectivity index (χ1n) is 5.61. The normalized spacial score (nSPS) is 11.0. The van der Waals surface area contributed by atoms with E-state index in [-0.39, 0.29) is 0 Å². The number of halogens is 1. The van der Waals surface area contributed by atoms with Gasteiger partial charge in [-0.1, -0.05) is 15.9 Å². The van der Waals surface area contributed by atoms with Gasteiger partial charge in [-0.25, -0.2) is 0 Å². The Hall–Kier alpha value is -1.81. The van der Waals surface area contributed by atoms with Crippen molar-refractivity contribution in [2.75, 3.05) is 5.73 Å². The van der Waals surface area contributed by atoms with Crippen LogP contribution in [0.3, 0.4) is 0 Å². The number of anilines is 1. The fraction of sp³-hybridized carbons (Fsp3) is 0.0714. The number of hydrogen-bond donors (Lipinski definition) is 1. The molecule has 0 aliphatic rings. The molecule has 90 valence electrons. The highest BCUT2D eigenvalue weighted by molar-refractivity contribution is 9.10. The minimum atomic E-state index is 0.681. The van der Waals surface area contributed by atoms with Crippen LogP contribution in [-0.2, 0) is 7.05 Å². The molecule has 4 heteroatoms. The first-order chi connectivity index (χ1) is 8.65. The van der Waals surface area contributed by atoms with Crippen LogP contribution in [0.1, 0.15) is 0 Å². The Morgan fingerprint density at radius 2 is 2.06 bits per heavy atom. The first kappa shape index (κ1) is 11.3. The summed E-state index contributed by atoms with van der Waals surface area (Å²) in [6.45, 7) is 0. The Bertz CT molecular complexity index is 714. The number of benzene rings is 1. The van der Waals surface area contributed by atoms with Crippen molar-refractivity contribution in [3.63, 3.8) is 0 Å². The molecule has 0 aliphatic carbocycles. The second kappa shape index (κ2) is 4.14. The van der Waals surface area contributed by atoms with E-state index in [0.29, 0.717) is 5.69 Å². The van der Waals surface area contributed by atoms with Gasteiger partial charge in [0.2, 0.25) is 0 Å². The van der Waals surface area contributed by atoms with Gasteiger partial charge in [0.15, 0.2) is 0 Å². The summed E-state index contributed by atoms with van der Waals surface area (Å²) in [5, 5.41) is 1.18. The number of nitrogens with zero attached hydrogens (tertiary/aromatic N) is 2. The topological polar surface area (TPSA) is 43.8 Å². The fourth-order valence-corrected chi connectivity index (χ4v) is 2.49. The van der Waals surface area contributed by atoms with Gasteiger partial charge >= 0.3 is 0 Å². The average Bonchev–Trinajstić information content (AvgIpc) is 2.67. The summed E-state index contributed by atoms with van der Waals surface area (Å²) < 4.78 is 3.17. The van der Waals surface area contributed by atoms with E-state index in [2.05, 4.69) is 43.8 Å². The number of pyridine rings is 1. The predicted molar refractivity (Wildman–Crippen MR) is 78.3 cm³/mol. The number of fused-ring (bicyclic) bond motifs is 1. The van der Waals surface area contributed by atoms with E-state index in [1.165, 1.54) is 10.9 Å². The molecule has 0 spiro atoms. The molecule has 2 heterocycles. The van der Waals surface area contributed by atoms with Gasteiger partial charge in [0, 0.05) is 34.2 Å². The molecule has 0 saturated carbocycles. The molecule has 0 radical (unpaired) electrons.